The van der Waals surface area contributed by atoms with Crippen LogP contribution in [0.15, 0.2) is 231 Å². The highest BCUT2D eigenvalue weighted by molar-refractivity contribution is 7.25. The third-order valence-corrected chi connectivity index (χ3v) is 18.4. The summed E-state index contributed by atoms with van der Waals surface area (Å²) in [5.41, 5.74) is 21.4. The molecule has 4 nitrogen and oxygen atoms in total. The first kappa shape index (κ1) is 47.0. The lowest BCUT2D eigenvalue weighted by atomic mass is 9.34. The average Bonchev–Trinajstić information content (AvgIpc) is 4.24. The Morgan fingerprint density at radius 2 is 1.00 bits per heavy atom. The van der Waals surface area contributed by atoms with E-state index in [9.17, 15) is 0 Å². The maximum atomic E-state index is 7.49. The summed E-state index contributed by atoms with van der Waals surface area (Å²) < 4.78 is 15.1. The quantitative estimate of drug-likeness (QED) is 0.142. The van der Waals surface area contributed by atoms with Crippen LogP contribution in [0.5, 0.6) is 11.5 Å². The number of hydrogen-bond acceptors (Lipinski definition) is 3. The van der Waals surface area contributed by atoms with Crippen LogP contribution in [0.25, 0.3) is 97.4 Å². The molecule has 0 amide bonds. The summed E-state index contributed by atoms with van der Waals surface area (Å²) in [5, 5.41) is 7.55. The van der Waals surface area contributed by atoms with Crippen molar-refractivity contribution in [2.24, 2.45) is 0 Å². The zero-order chi connectivity index (χ0) is 53.4. The third-order valence-electron chi connectivity index (χ3n) is 17.3. The summed E-state index contributed by atoms with van der Waals surface area (Å²) >= 11 is 1.91. The topological polar surface area (TPSA) is 22.3 Å². The van der Waals surface area contributed by atoms with Crippen molar-refractivity contribution in [2.75, 3.05) is 4.90 Å². The molecule has 0 fully saturated rings. The van der Waals surface area contributed by atoms with Crippen LogP contribution >= 0.6 is 11.3 Å². The number of rotatable bonds is 8. The van der Waals surface area contributed by atoms with Crippen LogP contribution in [-0.2, 0) is 11.8 Å². The summed E-state index contributed by atoms with van der Waals surface area (Å²) in [5.74, 6) is 1.81. The molecule has 6 heteroatoms. The number of aromatic nitrogens is 2. The van der Waals surface area contributed by atoms with Gasteiger partial charge in [-0.25, -0.2) is 0 Å². The first-order valence-corrected chi connectivity index (χ1v) is 29.1. The Morgan fingerprint density at radius 3 is 1.64 bits per heavy atom. The van der Waals surface area contributed by atoms with Gasteiger partial charge in [0.25, 0.3) is 6.71 Å². The van der Waals surface area contributed by atoms with Crippen molar-refractivity contribution in [2.45, 2.75) is 52.4 Å². The highest BCUT2D eigenvalue weighted by Crippen LogP contribution is 2.49. The number of hydrogen-bond donors (Lipinski definition) is 0. The van der Waals surface area contributed by atoms with Crippen molar-refractivity contribution in [1.82, 2.24) is 9.13 Å². The van der Waals surface area contributed by atoms with Gasteiger partial charge in [-0.05, 0) is 153 Å². The molecule has 16 rings (SSSR count). The highest BCUT2D eigenvalue weighted by atomic mass is 32.1. The van der Waals surface area contributed by atoms with E-state index in [-0.39, 0.29) is 12.1 Å². The smallest absolute Gasteiger partial charge is 0.256 e. The number of aryl methyl sites for hydroxylation is 1. The molecule has 0 radical (unpaired) electrons. The third kappa shape index (κ3) is 7.21. The zero-order valence-electron chi connectivity index (χ0n) is 45.3. The number of anilines is 3. The van der Waals surface area contributed by atoms with Crippen LogP contribution < -0.4 is 26.0 Å². The minimum Gasteiger partial charge on any atom is -0.458 e. The van der Waals surface area contributed by atoms with E-state index in [1.54, 1.807) is 0 Å². The van der Waals surface area contributed by atoms with Gasteiger partial charge in [0.1, 0.15) is 11.5 Å². The largest absolute Gasteiger partial charge is 0.458 e. The van der Waals surface area contributed by atoms with Crippen molar-refractivity contribution in [3.63, 3.8) is 0 Å². The zero-order valence-corrected chi connectivity index (χ0v) is 46.1. The predicted octanol–water partition coefficient (Wildman–Crippen LogP) is 18.6. The lowest BCUT2D eigenvalue weighted by Crippen LogP contribution is -2.59. The van der Waals surface area contributed by atoms with Gasteiger partial charge in [-0.15, -0.1) is 11.3 Å². The second-order valence-corrected chi connectivity index (χ2v) is 24.2. The Morgan fingerprint density at radius 1 is 0.425 bits per heavy atom. The summed E-state index contributed by atoms with van der Waals surface area (Å²) in [6.07, 6.45) is 3.18. The molecule has 0 bridgehead atoms. The lowest BCUT2D eigenvalue weighted by Gasteiger charge is -2.42. The number of ether oxygens (including phenoxy) is 1. The van der Waals surface area contributed by atoms with Crippen LogP contribution in [0, 0.1) is 0 Å². The molecule has 0 N–H and O–H groups in total. The van der Waals surface area contributed by atoms with E-state index in [0.717, 1.165) is 42.1 Å². The molecule has 11 aromatic carbocycles. The highest BCUT2D eigenvalue weighted by Gasteiger charge is 2.44. The van der Waals surface area contributed by atoms with Gasteiger partial charge < -0.3 is 18.8 Å². The van der Waals surface area contributed by atoms with Crippen molar-refractivity contribution >= 4 is 115 Å². The molecule has 3 aromatic heterocycles. The molecule has 14 aromatic rings. The van der Waals surface area contributed by atoms with Gasteiger partial charge in [0.2, 0.25) is 0 Å². The van der Waals surface area contributed by atoms with Crippen LogP contribution in [-0.4, -0.2) is 15.8 Å². The molecule has 80 heavy (non-hydrogen) atoms. The van der Waals surface area contributed by atoms with Crippen LogP contribution in [0.4, 0.5) is 17.1 Å². The van der Waals surface area contributed by atoms with Crippen molar-refractivity contribution < 1.29 is 4.74 Å². The maximum absolute atomic E-state index is 7.49. The first-order chi connectivity index (χ1) is 39.3. The number of nitrogens with zero attached hydrogens (tertiary/aromatic N) is 3. The molecule has 382 valence electrons. The van der Waals surface area contributed by atoms with E-state index in [4.69, 9.17) is 4.74 Å². The van der Waals surface area contributed by atoms with E-state index in [1.165, 1.54) is 131 Å². The van der Waals surface area contributed by atoms with E-state index < -0.39 is 0 Å². The molecule has 0 spiro atoms. The molecule has 0 atom stereocenters. The van der Waals surface area contributed by atoms with E-state index >= 15 is 0 Å². The van der Waals surface area contributed by atoms with Gasteiger partial charge in [-0.2, -0.15) is 0 Å². The van der Waals surface area contributed by atoms with Gasteiger partial charge in [0.05, 0.1) is 22.1 Å². The molecule has 2 aliphatic heterocycles. The van der Waals surface area contributed by atoms with Gasteiger partial charge in [-0.1, -0.05) is 174 Å². The van der Waals surface area contributed by atoms with Gasteiger partial charge in [0.15, 0.2) is 0 Å². The van der Waals surface area contributed by atoms with E-state index in [1.807, 2.05) is 11.3 Å². The second-order valence-electron chi connectivity index (χ2n) is 23.1. The average molecular weight is 1050 g/mol. The monoisotopic (exact) mass is 1050 g/mol. The van der Waals surface area contributed by atoms with Crippen LogP contribution in [0.1, 0.15) is 51.7 Å². The molecular formula is C74H56BN3OS. The number of fused-ring (bicyclic) bond motifs is 13. The summed E-state index contributed by atoms with van der Waals surface area (Å²) in [6, 6.07) is 86.3. The molecule has 2 aliphatic rings. The molecule has 0 aliphatic carbocycles. The van der Waals surface area contributed by atoms with Gasteiger partial charge in [-0.3, -0.25) is 0 Å². The Bertz CT molecular complexity index is 4850. The van der Waals surface area contributed by atoms with Crippen LogP contribution in [0.3, 0.4) is 0 Å². The minimum atomic E-state index is -0.179. The number of benzene rings is 11. The fraction of sp³-hybridized carbons (Fsp3) is 0.108. The summed E-state index contributed by atoms with van der Waals surface area (Å²) in [6.45, 7) is 9.21. The molecule has 0 saturated carbocycles. The fourth-order valence-corrected chi connectivity index (χ4v) is 14.5. The molecule has 0 saturated heterocycles. The lowest BCUT2D eigenvalue weighted by molar-refractivity contribution is 0.483. The van der Waals surface area contributed by atoms with Gasteiger partial charge >= 0.3 is 0 Å². The summed E-state index contributed by atoms with van der Waals surface area (Å²) in [4.78, 5) is 2.65. The Balaban J connectivity index is 0.950. The molecule has 0 unspecified atom stereocenters. The normalized spacial score (nSPS) is 12.9. The SMILES string of the molecule is CCCCc1cc2sc3ccccc3c2cc1N1c2cc(-n3c4ccccc4c4cc(-c5ccccc5)ccc43)ccc2B2c3ccc(-n4c5ccccc5c5cc(-c6ccccc6)ccc54)cc3Oc3cc(C(C)(C)C)cc1c32. The van der Waals surface area contributed by atoms with E-state index in [0.29, 0.717) is 0 Å². The Labute approximate surface area is 470 Å². The minimum absolute atomic E-state index is 0.102. The second kappa shape index (κ2) is 18.0. The van der Waals surface area contributed by atoms with Crippen LogP contribution in [0.2, 0.25) is 0 Å². The Kier molecular flexibility index (Phi) is 10.5. The first-order valence-electron chi connectivity index (χ1n) is 28.3. The molecular weight excluding hydrogens is 990 g/mol. The van der Waals surface area contributed by atoms with Gasteiger partial charge in [0, 0.05) is 76.2 Å². The Hall–Kier alpha value is -9.10. The van der Waals surface area contributed by atoms with Crippen molar-refractivity contribution in [1.29, 1.82) is 0 Å². The predicted molar refractivity (Wildman–Crippen MR) is 342 cm³/mol. The number of para-hydroxylation sites is 2. The standard InChI is InChI=1S/C74H56BN3OS/c1-5-6-19-50-40-72-59(56-26-15-18-29-71(56)80-72)45-66(50)78-67-43-52(76-62-27-16-13-24-54(62)57-38-48(30-36-64(57)76)46-20-9-7-10-21-46)32-34-60(67)75-61-35-33-53(44-69(61)79-70-42-51(74(2,3)4)41-68(78)73(70)75)77-63-28-17-14-25-55(63)58-39-49(31-37-65(58)77)47-22-11-8-12-23-47/h7-18,20-45H,5-6,19H2,1-4H3. The molecule has 5 heterocycles. The van der Waals surface area contributed by atoms with Crippen molar-refractivity contribution in [3.8, 4) is 45.1 Å². The van der Waals surface area contributed by atoms with Crippen molar-refractivity contribution in [3.05, 3.63) is 242 Å². The number of unbranched alkanes of at least 4 members (excludes halogenated alkanes) is 1. The number of thiophene rings is 1. The van der Waals surface area contributed by atoms with E-state index in [2.05, 4.69) is 272 Å². The fourth-order valence-electron chi connectivity index (χ4n) is 13.4. The maximum Gasteiger partial charge on any atom is 0.256 e. The summed E-state index contributed by atoms with van der Waals surface area (Å²) in [7, 11) is 0.